The molecular formula is C35H36F4N6O3. The Hall–Kier alpha value is -4.78. The van der Waals surface area contributed by atoms with Crippen LogP contribution >= 0.6 is 0 Å². The van der Waals surface area contributed by atoms with Gasteiger partial charge in [0.25, 0.3) is 5.91 Å². The minimum Gasteiger partial charge on any atom is -0.444 e. The smallest absolute Gasteiger partial charge is 0.435 e. The number of nitrogens with one attached hydrogen (secondary N) is 3. The summed E-state index contributed by atoms with van der Waals surface area (Å²) in [5, 5.41) is 12.4. The molecule has 2 aromatic carbocycles. The number of pyridine rings is 1. The number of aromatic nitrogens is 3. The Morgan fingerprint density at radius 2 is 1.88 bits per heavy atom. The lowest BCUT2D eigenvalue weighted by Crippen LogP contribution is -2.38. The number of fused-ring (bicyclic) bond motifs is 1. The van der Waals surface area contributed by atoms with Gasteiger partial charge >= 0.3 is 12.3 Å². The largest absolute Gasteiger partial charge is 0.444 e. The van der Waals surface area contributed by atoms with Crippen molar-refractivity contribution in [3.63, 3.8) is 0 Å². The third-order valence-electron chi connectivity index (χ3n) is 8.50. The summed E-state index contributed by atoms with van der Waals surface area (Å²) in [4.78, 5) is 30.0. The van der Waals surface area contributed by atoms with Gasteiger partial charge in [0.05, 0.1) is 16.9 Å². The van der Waals surface area contributed by atoms with E-state index in [1.807, 2.05) is 6.07 Å². The number of anilines is 1. The number of halogens is 4. The van der Waals surface area contributed by atoms with Gasteiger partial charge < -0.3 is 15.4 Å². The minimum absolute atomic E-state index is 0.00536. The first-order chi connectivity index (χ1) is 22.7. The predicted molar refractivity (Wildman–Crippen MR) is 170 cm³/mol. The first-order valence-corrected chi connectivity index (χ1v) is 15.7. The number of carbonyl (C=O) groups is 2. The number of hydrogen-bond acceptors (Lipinski definition) is 6. The van der Waals surface area contributed by atoms with Crippen LogP contribution in [-0.2, 0) is 29.5 Å². The molecule has 252 valence electrons. The highest BCUT2D eigenvalue weighted by molar-refractivity contribution is 6.03. The number of alkyl halides is 3. The summed E-state index contributed by atoms with van der Waals surface area (Å²) in [6, 6.07) is 13.2. The Bertz CT molecular complexity index is 1850. The Balaban J connectivity index is 1.30. The van der Waals surface area contributed by atoms with Crippen LogP contribution in [0.5, 0.6) is 0 Å². The fourth-order valence-electron chi connectivity index (χ4n) is 6.02. The third kappa shape index (κ3) is 7.20. The second kappa shape index (κ2) is 12.7. The molecule has 1 fully saturated rings. The maximum absolute atomic E-state index is 15.3. The molecule has 1 atom stereocenters. The Labute approximate surface area is 275 Å². The fourth-order valence-corrected chi connectivity index (χ4v) is 6.02. The Kier molecular flexibility index (Phi) is 8.75. The first-order valence-electron chi connectivity index (χ1n) is 15.7. The molecule has 2 aromatic heterocycles. The van der Waals surface area contributed by atoms with Crippen molar-refractivity contribution in [2.75, 3.05) is 5.32 Å². The van der Waals surface area contributed by atoms with E-state index in [0.717, 1.165) is 34.2 Å². The second-order valence-electron chi connectivity index (χ2n) is 13.3. The third-order valence-corrected chi connectivity index (χ3v) is 8.50. The zero-order chi connectivity index (χ0) is 34.3. The van der Waals surface area contributed by atoms with Gasteiger partial charge in [-0.3, -0.25) is 15.1 Å². The molecule has 1 aliphatic carbocycles. The van der Waals surface area contributed by atoms with Crippen molar-refractivity contribution in [1.29, 1.82) is 0 Å². The van der Waals surface area contributed by atoms with E-state index in [-0.39, 0.29) is 17.9 Å². The zero-order valence-corrected chi connectivity index (χ0v) is 26.7. The average molecular weight is 665 g/mol. The number of rotatable bonds is 9. The second-order valence-corrected chi connectivity index (χ2v) is 13.3. The molecule has 0 bridgehead atoms. The maximum atomic E-state index is 15.3. The molecule has 13 heteroatoms. The number of amides is 2. The van der Waals surface area contributed by atoms with Crippen LogP contribution in [0.4, 0.5) is 28.0 Å². The molecule has 1 aliphatic heterocycles. The molecule has 6 rings (SSSR count). The van der Waals surface area contributed by atoms with Crippen LogP contribution in [0.15, 0.2) is 67.0 Å². The van der Waals surface area contributed by atoms with Gasteiger partial charge in [0.2, 0.25) is 0 Å². The quantitative estimate of drug-likeness (QED) is 0.163. The SMILES string of the molecule is CC(C)(C)OC(=O)NCc1cccc(-n2nc(C(F)(F)F)cc2C(=O)Nc2cc(C3(CCC4CC4)NCc4cnccc43)ccc2F)c1. The van der Waals surface area contributed by atoms with Crippen molar-refractivity contribution < 1.29 is 31.9 Å². The monoisotopic (exact) mass is 664 g/mol. The highest BCUT2D eigenvalue weighted by Gasteiger charge is 2.42. The Morgan fingerprint density at radius 1 is 1.08 bits per heavy atom. The van der Waals surface area contributed by atoms with Gasteiger partial charge in [0.15, 0.2) is 5.69 Å². The van der Waals surface area contributed by atoms with E-state index >= 15 is 4.39 Å². The summed E-state index contributed by atoms with van der Waals surface area (Å²) in [7, 11) is 0. The van der Waals surface area contributed by atoms with Gasteiger partial charge in [0, 0.05) is 31.5 Å². The molecule has 2 amide bonds. The summed E-state index contributed by atoms with van der Waals surface area (Å²) in [6.07, 6.45) is 2.03. The topological polar surface area (TPSA) is 110 Å². The minimum atomic E-state index is -4.86. The lowest BCUT2D eigenvalue weighted by Gasteiger charge is -2.32. The standard InChI is InChI=1S/C35H36F4N6O3/c1-33(2,3)48-32(47)41-18-22-5-4-6-25(15-22)45-29(17-30(44-45)35(37,38)39)31(46)43-28-16-24(9-10-27(28)36)34(13-11-21-7-8-21)26-12-14-40-19-23(26)20-42-34/h4-6,9-10,12,14-17,19,21,42H,7-8,11,13,18,20H2,1-3H3,(H,41,47)(H,43,46). The zero-order valence-electron chi connectivity index (χ0n) is 26.7. The van der Waals surface area contributed by atoms with E-state index < -0.39 is 46.5 Å². The van der Waals surface area contributed by atoms with Crippen molar-refractivity contribution in [3.05, 3.63) is 106 Å². The summed E-state index contributed by atoms with van der Waals surface area (Å²) >= 11 is 0. The van der Waals surface area contributed by atoms with Crippen LogP contribution in [0.3, 0.4) is 0 Å². The molecule has 48 heavy (non-hydrogen) atoms. The Morgan fingerprint density at radius 3 is 2.60 bits per heavy atom. The van der Waals surface area contributed by atoms with Gasteiger partial charge in [0.1, 0.15) is 17.1 Å². The molecule has 0 spiro atoms. The van der Waals surface area contributed by atoms with Crippen LogP contribution < -0.4 is 16.0 Å². The summed E-state index contributed by atoms with van der Waals surface area (Å²) in [5.74, 6) is -1.10. The van der Waals surface area contributed by atoms with Crippen LogP contribution in [0.1, 0.15) is 84.9 Å². The van der Waals surface area contributed by atoms with E-state index in [4.69, 9.17) is 4.74 Å². The number of carbonyl (C=O) groups excluding carboxylic acids is 2. The van der Waals surface area contributed by atoms with E-state index in [9.17, 15) is 22.8 Å². The van der Waals surface area contributed by atoms with Crippen molar-refractivity contribution >= 4 is 17.7 Å². The van der Waals surface area contributed by atoms with Crippen LogP contribution in [0, 0.1) is 11.7 Å². The molecule has 3 N–H and O–H groups in total. The van der Waals surface area contributed by atoms with Gasteiger partial charge in [-0.2, -0.15) is 18.3 Å². The van der Waals surface area contributed by atoms with E-state index in [0.29, 0.717) is 24.1 Å². The number of nitrogens with zero attached hydrogens (tertiary/aromatic N) is 3. The molecule has 2 aliphatic rings. The molecular weight excluding hydrogens is 628 g/mol. The van der Waals surface area contributed by atoms with E-state index in [2.05, 4.69) is 26.0 Å². The van der Waals surface area contributed by atoms with Crippen LogP contribution in [0.25, 0.3) is 5.69 Å². The summed E-state index contributed by atoms with van der Waals surface area (Å²) < 4.78 is 63.0. The van der Waals surface area contributed by atoms with E-state index in [1.165, 1.54) is 37.1 Å². The molecule has 3 heterocycles. The average Bonchev–Trinajstić information content (AvgIpc) is 3.61. The molecule has 1 unspecified atom stereocenters. The van der Waals surface area contributed by atoms with Crippen molar-refractivity contribution in [1.82, 2.24) is 25.4 Å². The lowest BCUT2D eigenvalue weighted by molar-refractivity contribution is -0.141. The maximum Gasteiger partial charge on any atom is 0.435 e. The summed E-state index contributed by atoms with van der Waals surface area (Å²) in [5.41, 5.74) is 0.129. The molecule has 0 radical (unpaired) electrons. The number of alkyl carbamates (subject to hydrolysis) is 1. The molecule has 4 aromatic rings. The van der Waals surface area contributed by atoms with Gasteiger partial charge in [-0.05, 0) is 92.1 Å². The van der Waals surface area contributed by atoms with Crippen LogP contribution in [0.2, 0.25) is 0 Å². The predicted octanol–water partition coefficient (Wildman–Crippen LogP) is 7.24. The van der Waals surface area contributed by atoms with Gasteiger partial charge in [-0.15, -0.1) is 0 Å². The first kappa shape index (κ1) is 33.1. The number of hydrogen-bond donors (Lipinski definition) is 3. The molecule has 1 saturated carbocycles. The van der Waals surface area contributed by atoms with Gasteiger partial charge in [-0.1, -0.05) is 31.0 Å². The summed E-state index contributed by atoms with van der Waals surface area (Å²) in [6.45, 7) is 5.72. The highest BCUT2D eigenvalue weighted by atomic mass is 19.4. The highest BCUT2D eigenvalue weighted by Crippen LogP contribution is 2.45. The van der Waals surface area contributed by atoms with Crippen molar-refractivity contribution in [3.8, 4) is 5.69 Å². The normalized spacial score (nSPS) is 17.6. The number of benzene rings is 2. The van der Waals surface area contributed by atoms with Crippen LogP contribution in [-0.4, -0.2) is 32.4 Å². The fraction of sp³-hybridized carbons (Fsp3) is 0.371. The molecule has 0 saturated heterocycles. The van der Waals surface area contributed by atoms with E-state index in [1.54, 1.807) is 51.4 Å². The van der Waals surface area contributed by atoms with Crippen molar-refractivity contribution in [2.24, 2.45) is 5.92 Å². The lowest BCUT2D eigenvalue weighted by atomic mass is 9.79. The number of ether oxygens (including phenoxy) is 1. The molecule has 9 nitrogen and oxygen atoms in total. The van der Waals surface area contributed by atoms with Crippen molar-refractivity contribution in [2.45, 2.75) is 76.9 Å². The van der Waals surface area contributed by atoms with Gasteiger partial charge in [-0.25, -0.2) is 13.9 Å².